The number of nitrogens with one attached hydrogen (secondary N) is 1. The Balaban J connectivity index is 2.30. The molecular weight excluding hydrogens is 192 g/mol. The SMILES string of the molecule is CCCC(N)C(=O)NC1CCOC(C)C1. The van der Waals surface area contributed by atoms with Crippen molar-refractivity contribution >= 4 is 5.91 Å². The second-order valence-electron chi connectivity index (χ2n) is 4.31. The number of nitrogens with two attached hydrogens (primary N) is 1. The topological polar surface area (TPSA) is 64.4 Å². The molecule has 3 atom stereocenters. The van der Waals surface area contributed by atoms with E-state index in [0.717, 1.165) is 32.3 Å². The molecule has 0 spiro atoms. The third-order valence-corrected chi connectivity index (χ3v) is 2.77. The van der Waals surface area contributed by atoms with E-state index in [1.165, 1.54) is 0 Å². The summed E-state index contributed by atoms with van der Waals surface area (Å²) in [5.74, 6) is -0.0176. The first-order valence-electron chi connectivity index (χ1n) is 5.81. The van der Waals surface area contributed by atoms with Gasteiger partial charge in [0.05, 0.1) is 12.1 Å². The van der Waals surface area contributed by atoms with Crippen LogP contribution in [0.3, 0.4) is 0 Å². The first kappa shape index (κ1) is 12.5. The highest BCUT2D eigenvalue weighted by atomic mass is 16.5. The number of ether oxygens (including phenoxy) is 1. The molecule has 0 saturated carbocycles. The number of carbonyl (C=O) groups excluding carboxylic acids is 1. The summed E-state index contributed by atoms with van der Waals surface area (Å²) >= 11 is 0. The van der Waals surface area contributed by atoms with Crippen LogP contribution in [-0.4, -0.2) is 30.7 Å². The van der Waals surface area contributed by atoms with Crippen LogP contribution in [0.15, 0.2) is 0 Å². The Bertz CT molecular complexity index is 209. The Labute approximate surface area is 91.5 Å². The van der Waals surface area contributed by atoms with Gasteiger partial charge < -0.3 is 15.8 Å². The fourth-order valence-electron chi connectivity index (χ4n) is 1.88. The van der Waals surface area contributed by atoms with Crippen molar-refractivity contribution in [2.45, 2.75) is 57.7 Å². The minimum absolute atomic E-state index is 0.0176. The summed E-state index contributed by atoms with van der Waals surface area (Å²) in [6.07, 6.45) is 3.73. The van der Waals surface area contributed by atoms with Crippen molar-refractivity contribution in [3.8, 4) is 0 Å². The van der Waals surface area contributed by atoms with Crippen LogP contribution in [0, 0.1) is 0 Å². The van der Waals surface area contributed by atoms with Crippen LogP contribution in [0.1, 0.15) is 39.5 Å². The highest BCUT2D eigenvalue weighted by Gasteiger charge is 2.22. The van der Waals surface area contributed by atoms with Crippen molar-refractivity contribution in [2.24, 2.45) is 5.73 Å². The average Bonchev–Trinajstić information content (AvgIpc) is 2.18. The molecule has 1 saturated heterocycles. The molecule has 0 aromatic rings. The van der Waals surface area contributed by atoms with Crippen molar-refractivity contribution in [3.63, 3.8) is 0 Å². The van der Waals surface area contributed by atoms with Gasteiger partial charge in [0.2, 0.25) is 5.91 Å². The lowest BCUT2D eigenvalue weighted by atomic mass is 10.0. The van der Waals surface area contributed by atoms with Gasteiger partial charge in [0.1, 0.15) is 0 Å². The highest BCUT2D eigenvalue weighted by molar-refractivity contribution is 5.81. The Morgan fingerprint density at radius 1 is 1.67 bits per heavy atom. The quantitative estimate of drug-likeness (QED) is 0.727. The molecule has 1 heterocycles. The summed E-state index contributed by atoms with van der Waals surface area (Å²) in [7, 11) is 0. The lowest BCUT2D eigenvalue weighted by molar-refractivity contribution is -0.124. The van der Waals surface area contributed by atoms with E-state index in [2.05, 4.69) is 5.32 Å². The minimum atomic E-state index is -0.354. The zero-order valence-corrected chi connectivity index (χ0v) is 9.66. The Morgan fingerprint density at radius 3 is 3.00 bits per heavy atom. The molecule has 15 heavy (non-hydrogen) atoms. The van der Waals surface area contributed by atoms with Crippen molar-refractivity contribution < 1.29 is 9.53 Å². The summed E-state index contributed by atoms with van der Waals surface area (Å²) in [6, 6.07) is -0.114. The van der Waals surface area contributed by atoms with Gasteiger partial charge in [0, 0.05) is 12.6 Å². The number of amides is 1. The second kappa shape index (κ2) is 6.08. The summed E-state index contributed by atoms with van der Waals surface area (Å²) in [4.78, 5) is 11.6. The largest absolute Gasteiger partial charge is 0.378 e. The van der Waals surface area contributed by atoms with E-state index in [0.29, 0.717) is 0 Å². The van der Waals surface area contributed by atoms with Gasteiger partial charge in [0.25, 0.3) is 0 Å². The first-order chi connectivity index (χ1) is 7.13. The predicted molar refractivity (Wildman–Crippen MR) is 59.5 cm³/mol. The molecule has 3 unspecified atom stereocenters. The van der Waals surface area contributed by atoms with Gasteiger partial charge in [-0.1, -0.05) is 13.3 Å². The first-order valence-corrected chi connectivity index (χ1v) is 5.81. The summed E-state index contributed by atoms with van der Waals surface area (Å²) in [5, 5.41) is 2.99. The molecule has 88 valence electrons. The van der Waals surface area contributed by atoms with E-state index in [9.17, 15) is 4.79 Å². The third-order valence-electron chi connectivity index (χ3n) is 2.77. The normalized spacial score (nSPS) is 28.5. The van der Waals surface area contributed by atoms with Crippen molar-refractivity contribution in [2.75, 3.05) is 6.61 Å². The fraction of sp³-hybridized carbons (Fsp3) is 0.909. The predicted octanol–water partition coefficient (Wildman–Crippen LogP) is 0.797. The van der Waals surface area contributed by atoms with Crippen molar-refractivity contribution in [3.05, 3.63) is 0 Å². The van der Waals surface area contributed by atoms with Gasteiger partial charge >= 0.3 is 0 Å². The molecule has 0 radical (unpaired) electrons. The zero-order chi connectivity index (χ0) is 11.3. The van der Waals surface area contributed by atoms with Gasteiger partial charge in [0.15, 0.2) is 0 Å². The number of hydrogen-bond acceptors (Lipinski definition) is 3. The number of rotatable bonds is 4. The van der Waals surface area contributed by atoms with Crippen LogP contribution < -0.4 is 11.1 Å². The molecule has 0 aliphatic carbocycles. The molecule has 4 heteroatoms. The molecule has 1 amide bonds. The maximum atomic E-state index is 11.6. The highest BCUT2D eigenvalue weighted by Crippen LogP contribution is 2.13. The average molecular weight is 214 g/mol. The Hall–Kier alpha value is -0.610. The standard InChI is InChI=1S/C11H22N2O2/c1-3-4-10(12)11(14)13-9-5-6-15-8(2)7-9/h8-10H,3-7,12H2,1-2H3,(H,13,14). The zero-order valence-electron chi connectivity index (χ0n) is 9.66. The van der Waals surface area contributed by atoms with Gasteiger partial charge in [-0.05, 0) is 26.2 Å². The number of carbonyl (C=O) groups is 1. The van der Waals surface area contributed by atoms with Crippen molar-refractivity contribution in [1.29, 1.82) is 0 Å². The van der Waals surface area contributed by atoms with Crippen LogP contribution in [0.2, 0.25) is 0 Å². The van der Waals surface area contributed by atoms with Gasteiger partial charge in [-0.3, -0.25) is 4.79 Å². The van der Waals surface area contributed by atoms with E-state index in [1.807, 2.05) is 13.8 Å². The fourth-order valence-corrected chi connectivity index (χ4v) is 1.88. The molecule has 1 fully saturated rings. The van der Waals surface area contributed by atoms with Gasteiger partial charge in [-0.25, -0.2) is 0 Å². The lowest BCUT2D eigenvalue weighted by Gasteiger charge is -2.28. The maximum Gasteiger partial charge on any atom is 0.237 e. The maximum absolute atomic E-state index is 11.6. The Morgan fingerprint density at radius 2 is 2.40 bits per heavy atom. The molecule has 4 nitrogen and oxygen atoms in total. The molecule has 1 aliphatic rings. The summed E-state index contributed by atoms with van der Waals surface area (Å²) in [6.45, 7) is 4.79. The van der Waals surface area contributed by atoms with Crippen LogP contribution in [-0.2, 0) is 9.53 Å². The van der Waals surface area contributed by atoms with Crippen LogP contribution in [0.25, 0.3) is 0 Å². The molecule has 0 aromatic heterocycles. The minimum Gasteiger partial charge on any atom is -0.378 e. The molecule has 0 bridgehead atoms. The molecule has 1 aliphatic heterocycles. The molecular formula is C11H22N2O2. The smallest absolute Gasteiger partial charge is 0.237 e. The van der Waals surface area contributed by atoms with E-state index in [1.54, 1.807) is 0 Å². The van der Waals surface area contributed by atoms with E-state index < -0.39 is 0 Å². The van der Waals surface area contributed by atoms with E-state index in [4.69, 9.17) is 10.5 Å². The third kappa shape index (κ3) is 4.18. The number of hydrogen-bond donors (Lipinski definition) is 2. The molecule has 0 aromatic carbocycles. The Kier molecular flexibility index (Phi) is 5.05. The molecule has 3 N–H and O–H groups in total. The summed E-state index contributed by atoms with van der Waals surface area (Å²) in [5.41, 5.74) is 5.74. The van der Waals surface area contributed by atoms with Crippen LogP contribution in [0.4, 0.5) is 0 Å². The van der Waals surface area contributed by atoms with E-state index >= 15 is 0 Å². The summed E-state index contributed by atoms with van der Waals surface area (Å²) < 4.78 is 5.42. The van der Waals surface area contributed by atoms with Crippen molar-refractivity contribution in [1.82, 2.24) is 5.32 Å². The van der Waals surface area contributed by atoms with Gasteiger partial charge in [-0.15, -0.1) is 0 Å². The lowest BCUT2D eigenvalue weighted by Crippen LogP contribution is -2.48. The molecule has 1 rings (SSSR count). The van der Waals surface area contributed by atoms with Crippen LogP contribution >= 0.6 is 0 Å². The second-order valence-corrected chi connectivity index (χ2v) is 4.31. The van der Waals surface area contributed by atoms with Crippen LogP contribution in [0.5, 0.6) is 0 Å². The van der Waals surface area contributed by atoms with E-state index in [-0.39, 0.29) is 24.1 Å². The monoisotopic (exact) mass is 214 g/mol. The van der Waals surface area contributed by atoms with Gasteiger partial charge in [-0.2, -0.15) is 0 Å².